The molecule has 0 amide bonds. The van der Waals surface area contributed by atoms with E-state index in [4.69, 9.17) is 4.42 Å². The number of aromatic nitrogens is 1. The van der Waals surface area contributed by atoms with Crippen molar-refractivity contribution >= 4 is 10.0 Å². The predicted octanol–water partition coefficient (Wildman–Crippen LogP) is 6.44. The highest BCUT2D eigenvalue weighted by Crippen LogP contribution is 2.27. The fraction of sp³-hybridized carbons (Fsp3) is 0.100. The van der Waals surface area contributed by atoms with Gasteiger partial charge in [-0.05, 0) is 41.8 Å². The lowest BCUT2D eigenvalue weighted by Gasteiger charge is -2.22. The summed E-state index contributed by atoms with van der Waals surface area (Å²) in [5.74, 6) is 1.11. The van der Waals surface area contributed by atoms with E-state index in [-0.39, 0.29) is 4.90 Å². The average Bonchev–Trinajstić information content (AvgIpc) is 3.43. The van der Waals surface area contributed by atoms with Crippen LogP contribution in [0.3, 0.4) is 0 Å². The molecule has 5 nitrogen and oxygen atoms in total. The van der Waals surface area contributed by atoms with E-state index in [2.05, 4.69) is 4.98 Å². The minimum atomic E-state index is -3.72. The van der Waals surface area contributed by atoms with Crippen molar-refractivity contribution in [3.8, 4) is 22.8 Å². The van der Waals surface area contributed by atoms with Crippen LogP contribution in [-0.2, 0) is 23.0 Å². The Hall–Kier alpha value is -4.00. The molecule has 0 radical (unpaired) electrons. The third kappa shape index (κ3) is 5.46. The smallest absolute Gasteiger partial charge is 0.243 e. The van der Waals surface area contributed by atoms with Gasteiger partial charge in [0.1, 0.15) is 0 Å². The molecule has 0 aliphatic carbocycles. The van der Waals surface area contributed by atoms with Crippen molar-refractivity contribution < 1.29 is 12.8 Å². The summed E-state index contributed by atoms with van der Waals surface area (Å²) in [6.45, 7) is 0.682. The Morgan fingerprint density at radius 1 is 0.667 bits per heavy atom. The molecule has 6 heteroatoms. The van der Waals surface area contributed by atoms with Gasteiger partial charge in [0.2, 0.25) is 15.9 Å². The van der Waals surface area contributed by atoms with Crippen molar-refractivity contribution in [3.63, 3.8) is 0 Å². The van der Waals surface area contributed by atoms with E-state index in [9.17, 15) is 8.42 Å². The van der Waals surface area contributed by atoms with Crippen molar-refractivity contribution in [2.45, 2.75) is 17.9 Å². The first-order valence-corrected chi connectivity index (χ1v) is 13.2. The van der Waals surface area contributed by atoms with E-state index in [1.54, 1.807) is 34.8 Å². The van der Waals surface area contributed by atoms with Crippen LogP contribution in [-0.4, -0.2) is 24.3 Å². The molecule has 0 saturated carbocycles. The lowest BCUT2D eigenvalue weighted by Crippen LogP contribution is -2.32. The highest BCUT2D eigenvalue weighted by Gasteiger charge is 2.25. The minimum absolute atomic E-state index is 0.241. The maximum atomic E-state index is 13.7. The van der Waals surface area contributed by atoms with Gasteiger partial charge < -0.3 is 4.42 Å². The molecule has 180 valence electrons. The van der Waals surface area contributed by atoms with Gasteiger partial charge in [0.15, 0.2) is 5.76 Å². The maximum Gasteiger partial charge on any atom is 0.243 e. The van der Waals surface area contributed by atoms with Crippen molar-refractivity contribution in [2.75, 3.05) is 6.54 Å². The molecule has 0 bridgehead atoms. The number of benzene rings is 4. The predicted molar refractivity (Wildman–Crippen MR) is 142 cm³/mol. The van der Waals surface area contributed by atoms with E-state index in [1.807, 2.05) is 91.0 Å². The van der Waals surface area contributed by atoms with Crippen molar-refractivity contribution in [1.29, 1.82) is 0 Å². The molecule has 0 atom stereocenters. The lowest BCUT2D eigenvalue weighted by molar-refractivity contribution is 0.409. The maximum absolute atomic E-state index is 13.7. The van der Waals surface area contributed by atoms with Crippen LogP contribution in [0.1, 0.15) is 11.1 Å². The Morgan fingerprint density at radius 2 is 1.25 bits per heavy atom. The average molecular weight is 495 g/mol. The summed E-state index contributed by atoms with van der Waals surface area (Å²) in [4.78, 5) is 4.62. The normalized spacial score (nSPS) is 11.6. The van der Waals surface area contributed by atoms with Gasteiger partial charge >= 0.3 is 0 Å². The molecule has 0 aliphatic heterocycles. The molecule has 0 spiro atoms. The van der Waals surface area contributed by atoms with Gasteiger partial charge in [-0.1, -0.05) is 91.0 Å². The molecule has 1 heterocycles. The van der Waals surface area contributed by atoms with Gasteiger partial charge in [0.05, 0.1) is 11.1 Å². The molecule has 0 N–H and O–H groups in total. The molecule has 0 saturated heterocycles. The van der Waals surface area contributed by atoms with Crippen LogP contribution in [0.2, 0.25) is 0 Å². The largest absolute Gasteiger partial charge is 0.436 e. The van der Waals surface area contributed by atoms with Crippen LogP contribution in [0.4, 0.5) is 0 Å². The summed E-state index contributed by atoms with van der Waals surface area (Å²) in [6, 6.07) is 36.1. The second kappa shape index (κ2) is 10.7. The molecular formula is C30H26N2O3S. The van der Waals surface area contributed by atoms with E-state index in [1.165, 1.54) is 0 Å². The first kappa shape index (κ1) is 23.7. The van der Waals surface area contributed by atoms with Crippen LogP contribution in [0, 0.1) is 0 Å². The molecule has 0 aliphatic rings. The van der Waals surface area contributed by atoms with Crippen LogP contribution in [0.25, 0.3) is 22.8 Å². The molecular weight excluding hydrogens is 468 g/mol. The van der Waals surface area contributed by atoms with Gasteiger partial charge in [0, 0.05) is 24.2 Å². The van der Waals surface area contributed by atoms with Crippen molar-refractivity contribution in [3.05, 3.63) is 133 Å². The van der Waals surface area contributed by atoms with Crippen LogP contribution in [0.5, 0.6) is 0 Å². The summed E-state index contributed by atoms with van der Waals surface area (Å²) in [7, 11) is -3.72. The first-order valence-electron chi connectivity index (χ1n) is 11.8. The fourth-order valence-corrected chi connectivity index (χ4v) is 5.46. The Balaban J connectivity index is 1.38. The second-order valence-corrected chi connectivity index (χ2v) is 10.4. The summed E-state index contributed by atoms with van der Waals surface area (Å²) in [5, 5.41) is 0. The zero-order chi connectivity index (χ0) is 24.8. The molecule has 0 unspecified atom stereocenters. The van der Waals surface area contributed by atoms with E-state index >= 15 is 0 Å². The molecule has 1 aromatic heterocycles. The number of nitrogens with zero attached hydrogens (tertiary/aromatic N) is 2. The monoisotopic (exact) mass is 494 g/mol. The summed E-state index contributed by atoms with van der Waals surface area (Å²) >= 11 is 0. The number of rotatable bonds is 9. The molecule has 5 rings (SSSR count). The van der Waals surface area contributed by atoms with Gasteiger partial charge in [-0.3, -0.25) is 0 Å². The quantitative estimate of drug-likeness (QED) is 0.236. The van der Waals surface area contributed by atoms with E-state index in [0.29, 0.717) is 31.2 Å². The Kier molecular flexibility index (Phi) is 7.07. The summed E-state index contributed by atoms with van der Waals surface area (Å²) < 4.78 is 34.8. The third-order valence-corrected chi connectivity index (χ3v) is 7.86. The highest BCUT2D eigenvalue weighted by molar-refractivity contribution is 7.89. The standard InChI is InChI=1S/C30H26N2O3S/c33-36(34,32(23-25-12-6-2-7-13-25)21-20-24-10-4-1-5-11-24)28-18-16-27(17-19-28)30-31-22-29(35-30)26-14-8-3-9-15-26/h1-19,22H,20-21,23H2. The zero-order valence-corrected chi connectivity index (χ0v) is 20.5. The van der Waals surface area contributed by atoms with Gasteiger partial charge in [-0.25, -0.2) is 13.4 Å². The number of oxazole rings is 1. The van der Waals surface area contributed by atoms with E-state index < -0.39 is 10.0 Å². The van der Waals surface area contributed by atoms with Crippen molar-refractivity contribution in [1.82, 2.24) is 9.29 Å². The Morgan fingerprint density at radius 3 is 1.89 bits per heavy atom. The summed E-state index contributed by atoms with van der Waals surface area (Å²) in [5.41, 5.74) is 3.69. The van der Waals surface area contributed by atoms with Crippen LogP contribution >= 0.6 is 0 Å². The Labute approximate surface area is 211 Å². The number of hydrogen-bond donors (Lipinski definition) is 0. The van der Waals surface area contributed by atoms with Crippen LogP contribution < -0.4 is 0 Å². The lowest BCUT2D eigenvalue weighted by atomic mass is 10.1. The SMILES string of the molecule is O=S(=O)(c1ccc(-c2ncc(-c3ccccc3)o2)cc1)N(CCc1ccccc1)Cc1ccccc1. The third-order valence-electron chi connectivity index (χ3n) is 6.00. The molecule has 36 heavy (non-hydrogen) atoms. The van der Waals surface area contributed by atoms with Gasteiger partial charge in [-0.2, -0.15) is 4.31 Å². The van der Waals surface area contributed by atoms with Gasteiger partial charge in [-0.15, -0.1) is 0 Å². The number of sulfonamides is 1. The van der Waals surface area contributed by atoms with Gasteiger partial charge in [0.25, 0.3) is 0 Å². The van der Waals surface area contributed by atoms with E-state index in [0.717, 1.165) is 22.3 Å². The first-order chi connectivity index (χ1) is 17.6. The number of hydrogen-bond acceptors (Lipinski definition) is 4. The Bertz CT molecular complexity index is 1500. The van der Waals surface area contributed by atoms with Crippen LogP contribution in [0.15, 0.2) is 131 Å². The fourth-order valence-electron chi connectivity index (χ4n) is 4.03. The minimum Gasteiger partial charge on any atom is -0.436 e. The highest BCUT2D eigenvalue weighted by atomic mass is 32.2. The summed E-state index contributed by atoms with van der Waals surface area (Å²) in [6.07, 6.45) is 2.31. The molecule has 5 aromatic rings. The van der Waals surface area contributed by atoms with Crippen molar-refractivity contribution in [2.24, 2.45) is 0 Å². The molecule has 0 fully saturated rings. The zero-order valence-electron chi connectivity index (χ0n) is 19.7. The second-order valence-electron chi connectivity index (χ2n) is 8.48. The molecule has 4 aromatic carbocycles. The topological polar surface area (TPSA) is 63.4 Å².